The fourth-order valence-electron chi connectivity index (χ4n) is 2.93. The van der Waals surface area contributed by atoms with E-state index in [1.807, 2.05) is 11.4 Å². The molecule has 2 N–H and O–H groups in total. The molecule has 1 aliphatic rings. The molecule has 3 rings (SSSR count). The molecular formula is C17H22N4OS. The molecule has 2 aromatic rings. The third kappa shape index (κ3) is 4.30. The van der Waals surface area contributed by atoms with Gasteiger partial charge in [-0.3, -0.25) is 4.90 Å². The Balaban J connectivity index is 1.45. The van der Waals surface area contributed by atoms with Crippen LogP contribution in [0.2, 0.25) is 0 Å². The largest absolute Gasteiger partial charge is 0.334 e. The molecule has 23 heavy (non-hydrogen) atoms. The number of benzene rings is 1. The van der Waals surface area contributed by atoms with Gasteiger partial charge < -0.3 is 10.6 Å². The van der Waals surface area contributed by atoms with E-state index >= 15 is 0 Å². The molecule has 1 aromatic heterocycles. The van der Waals surface area contributed by atoms with E-state index in [1.54, 1.807) is 5.51 Å². The minimum absolute atomic E-state index is 0.114. The molecule has 2 unspecified atom stereocenters. The average Bonchev–Trinajstić information content (AvgIpc) is 3.25. The molecular weight excluding hydrogens is 308 g/mol. The number of nitrogens with one attached hydrogen (secondary N) is 2. The maximum Gasteiger partial charge on any atom is 0.315 e. The Morgan fingerprint density at radius 1 is 1.43 bits per heavy atom. The molecule has 1 saturated heterocycles. The van der Waals surface area contributed by atoms with Crippen molar-refractivity contribution in [3.05, 3.63) is 52.5 Å². The second-order valence-corrected chi connectivity index (χ2v) is 6.59. The molecule has 122 valence electrons. The quantitative estimate of drug-likeness (QED) is 0.886. The lowest BCUT2D eigenvalue weighted by Crippen LogP contribution is -2.43. The molecule has 1 fully saturated rings. The third-order valence-electron chi connectivity index (χ3n) is 4.30. The van der Waals surface area contributed by atoms with Crippen LogP contribution in [0.25, 0.3) is 0 Å². The molecule has 1 aromatic carbocycles. The second kappa shape index (κ2) is 7.57. The van der Waals surface area contributed by atoms with Crippen LogP contribution in [0.5, 0.6) is 0 Å². The Kier molecular flexibility index (Phi) is 5.25. The number of carbonyl (C=O) groups excluding carboxylic acids is 1. The lowest BCUT2D eigenvalue weighted by atomic mass is 10.1. The standard InChI is InChI=1S/C17H22N4OS/c1-13(14-5-3-2-4-6-14)21-8-7-15(10-21)20-17(22)18-9-16-11-23-12-19-16/h2-6,11-13,15H,7-10H2,1H3,(H2,18,20,22). The molecule has 2 atom stereocenters. The number of aromatic nitrogens is 1. The minimum atomic E-state index is -0.114. The molecule has 1 aliphatic heterocycles. The van der Waals surface area contributed by atoms with Gasteiger partial charge in [0.1, 0.15) is 0 Å². The smallest absolute Gasteiger partial charge is 0.315 e. The predicted octanol–water partition coefficient (Wildman–Crippen LogP) is 2.78. The third-order valence-corrected chi connectivity index (χ3v) is 4.93. The van der Waals surface area contributed by atoms with E-state index in [-0.39, 0.29) is 12.1 Å². The van der Waals surface area contributed by atoms with E-state index in [1.165, 1.54) is 16.9 Å². The maximum atomic E-state index is 12.0. The first kappa shape index (κ1) is 16.0. The zero-order valence-electron chi connectivity index (χ0n) is 13.2. The Bertz CT molecular complexity index is 617. The summed E-state index contributed by atoms with van der Waals surface area (Å²) in [4.78, 5) is 18.5. The summed E-state index contributed by atoms with van der Waals surface area (Å²) in [6.45, 7) is 4.60. The van der Waals surface area contributed by atoms with Crippen LogP contribution in [-0.2, 0) is 6.54 Å². The van der Waals surface area contributed by atoms with Gasteiger partial charge >= 0.3 is 6.03 Å². The monoisotopic (exact) mass is 330 g/mol. The van der Waals surface area contributed by atoms with Gasteiger partial charge in [0.25, 0.3) is 0 Å². The van der Waals surface area contributed by atoms with Gasteiger partial charge in [-0.05, 0) is 18.9 Å². The number of nitrogens with zero attached hydrogens (tertiary/aromatic N) is 2. The van der Waals surface area contributed by atoms with Crippen LogP contribution in [0.15, 0.2) is 41.2 Å². The van der Waals surface area contributed by atoms with Crippen molar-refractivity contribution in [2.45, 2.75) is 32.0 Å². The number of urea groups is 1. The van der Waals surface area contributed by atoms with Crippen molar-refractivity contribution < 1.29 is 4.79 Å². The molecule has 6 heteroatoms. The molecule has 0 radical (unpaired) electrons. The van der Waals surface area contributed by atoms with Crippen molar-refractivity contribution in [2.75, 3.05) is 13.1 Å². The molecule has 5 nitrogen and oxygen atoms in total. The van der Waals surface area contributed by atoms with Gasteiger partial charge in [-0.2, -0.15) is 0 Å². The molecule has 0 saturated carbocycles. The van der Waals surface area contributed by atoms with Gasteiger partial charge in [0.05, 0.1) is 17.7 Å². The Morgan fingerprint density at radius 3 is 3.00 bits per heavy atom. The molecule has 0 aliphatic carbocycles. The first-order chi connectivity index (χ1) is 11.2. The highest BCUT2D eigenvalue weighted by molar-refractivity contribution is 7.07. The topological polar surface area (TPSA) is 57.3 Å². The van der Waals surface area contributed by atoms with Crippen molar-refractivity contribution in [1.82, 2.24) is 20.5 Å². The van der Waals surface area contributed by atoms with E-state index in [0.29, 0.717) is 12.6 Å². The molecule has 2 amide bonds. The highest BCUT2D eigenvalue weighted by Gasteiger charge is 2.27. The van der Waals surface area contributed by atoms with Crippen LogP contribution < -0.4 is 10.6 Å². The summed E-state index contributed by atoms with van der Waals surface area (Å²) in [5, 5.41) is 7.87. The molecule has 2 heterocycles. The fourth-order valence-corrected chi connectivity index (χ4v) is 3.49. The van der Waals surface area contributed by atoms with Crippen LogP contribution in [0.1, 0.15) is 30.6 Å². The number of hydrogen-bond donors (Lipinski definition) is 2. The van der Waals surface area contributed by atoms with Crippen molar-refractivity contribution >= 4 is 17.4 Å². The van der Waals surface area contributed by atoms with Gasteiger partial charge in [0, 0.05) is 30.6 Å². The minimum Gasteiger partial charge on any atom is -0.334 e. The highest BCUT2D eigenvalue weighted by atomic mass is 32.1. The van der Waals surface area contributed by atoms with Crippen LogP contribution in [0.4, 0.5) is 4.79 Å². The van der Waals surface area contributed by atoms with Crippen LogP contribution in [0, 0.1) is 0 Å². The molecule has 0 bridgehead atoms. The first-order valence-corrected chi connectivity index (χ1v) is 8.87. The van der Waals surface area contributed by atoms with Gasteiger partial charge in [0.2, 0.25) is 0 Å². The zero-order chi connectivity index (χ0) is 16.1. The van der Waals surface area contributed by atoms with Crippen molar-refractivity contribution in [1.29, 1.82) is 0 Å². The van der Waals surface area contributed by atoms with E-state index in [4.69, 9.17) is 0 Å². The predicted molar refractivity (Wildman–Crippen MR) is 92.3 cm³/mol. The number of carbonyl (C=O) groups is 1. The zero-order valence-corrected chi connectivity index (χ0v) is 14.1. The normalized spacial score (nSPS) is 19.4. The second-order valence-electron chi connectivity index (χ2n) is 5.87. The number of amides is 2. The van der Waals surface area contributed by atoms with Crippen LogP contribution >= 0.6 is 11.3 Å². The lowest BCUT2D eigenvalue weighted by molar-refractivity contribution is 0.231. The molecule has 0 spiro atoms. The summed E-state index contributed by atoms with van der Waals surface area (Å²) in [5.41, 5.74) is 3.99. The Hall–Kier alpha value is -1.92. The van der Waals surface area contributed by atoms with E-state index in [0.717, 1.165) is 25.2 Å². The van der Waals surface area contributed by atoms with Gasteiger partial charge in [0.15, 0.2) is 0 Å². The van der Waals surface area contributed by atoms with Gasteiger partial charge in [-0.25, -0.2) is 9.78 Å². The summed E-state index contributed by atoms with van der Waals surface area (Å²) in [6, 6.07) is 11.0. The highest BCUT2D eigenvalue weighted by Crippen LogP contribution is 2.24. The summed E-state index contributed by atoms with van der Waals surface area (Å²) >= 11 is 1.54. The summed E-state index contributed by atoms with van der Waals surface area (Å²) < 4.78 is 0. The number of thiazole rings is 1. The van der Waals surface area contributed by atoms with Crippen molar-refractivity contribution in [3.8, 4) is 0 Å². The lowest BCUT2D eigenvalue weighted by Gasteiger charge is -2.24. The van der Waals surface area contributed by atoms with Crippen molar-refractivity contribution in [2.24, 2.45) is 0 Å². The van der Waals surface area contributed by atoms with Gasteiger partial charge in [-0.1, -0.05) is 30.3 Å². The van der Waals surface area contributed by atoms with E-state index in [9.17, 15) is 4.79 Å². The Morgan fingerprint density at radius 2 is 2.26 bits per heavy atom. The number of hydrogen-bond acceptors (Lipinski definition) is 4. The summed E-state index contributed by atoms with van der Waals surface area (Å²) in [6.07, 6.45) is 0.987. The van der Waals surface area contributed by atoms with Crippen molar-refractivity contribution in [3.63, 3.8) is 0 Å². The SMILES string of the molecule is CC(c1ccccc1)N1CCC(NC(=O)NCc2cscn2)C1. The summed E-state index contributed by atoms with van der Waals surface area (Å²) in [7, 11) is 0. The first-order valence-electron chi connectivity index (χ1n) is 7.93. The average molecular weight is 330 g/mol. The number of likely N-dealkylation sites (tertiary alicyclic amines) is 1. The van der Waals surface area contributed by atoms with Crippen LogP contribution in [0.3, 0.4) is 0 Å². The van der Waals surface area contributed by atoms with E-state index < -0.39 is 0 Å². The number of rotatable bonds is 5. The summed E-state index contributed by atoms with van der Waals surface area (Å²) in [5.74, 6) is 0. The Labute approximate surface area is 140 Å². The fraction of sp³-hybridized carbons (Fsp3) is 0.412. The van der Waals surface area contributed by atoms with E-state index in [2.05, 4.69) is 51.7 Å². The maximum absolute atomic E-state index is 12.0. The van der Waals surface area contributed by atoms with Gasteiger partial charge in [-0.15, -0.1) is 11.3 Å². The van der Waals surface area contributed by atoms with Crippen LogP contribution in [-0.4, -0.2) is 35.0 Å².